The van der Waals surface area contributed by atoms with Gasteiger partial charge in [0.2, 0.25) is 0 Å². The molecule has 4 rings (SSSR count). The molecular weight excluding hydrogens is 389 g/mol. The first-order chi connectivity index (χ1) is 14.5. The lowest BCUT2D eigenvalue weighted by Crippen LogP contribution is -2.38. The first kappa shape index (κ1) is 19.8. The predicted octanol–water partition coefficient (Wildman–Crippen LogP) is 4.21. The van der Waals surface area contributed by atoms with Crippen LogP contribution >= 0.6 is 0 Å². The van der Waals surface area contributed by atoms with E-state index in [-0.39, 0.29) is 28.5 Å². The first-order valence-corrected chi connectivity index (χ1v) is 9.87. The van der Waals surface area contributed by atoms with Gasteiger partial charge in [0.05, 0.1) is 5.56 Å². The Bertz CT molecular complexity index is 1160. The summed E-state index contributed by atoms with van der Waals surface area (Å²) >= 11 is 0. The summed E-state index contributed by atoms with van der Waals surface area (Å²) in [5, 5.41) is 3.41. The van der Waals surface area contributed by atoms with E-state index in [1.165, 1.54) is 36.4 Å². The number of carbonyl (C=O) groups excluding carboxylic acids is 2. The molecule has 6 nitrogen and oxygen atoms in total. The van der Waals surface area contributed by atoms with Crippen LogP contribution in [0.4, 0.5) is 4.39 Å². The fourth-order valence-corrected chi connectivity index (χ4v) is 3.61. The molecule has 1 fully saturated rings. The molecule has 1 N–H and O–H groups in total. The largest absolute Gasteiger partial charge is 0.423 e. The Hall–Kier alpha value is -3.48. The molecule has 1 aromatic heterocycles. The molecule has 1 aliphatic rings. The van der Waals surface area contributed by atoms with Crippen molar-refractivity contribution in [3.8, 4) is 5.75 Å². The highest BCUT2D eigenvalue weighted by Crippen LogP contribution is 2.23. The van der Waals surface area contributed by atoms with Crippen molar-refractivity contribution in [1.29, 1.82) is 0 Å². The van der Waals surface area contributed by atoms with Gasteiger partial charge in [0.1, 0.15) is 22.7 Å². The van der Waals surface area contributed by atoms with E-state index in [0.717, 1.165) is 38.2 Å². The smallest absolute Gasteiger partial charge is 0.349 e. The van der Waals surface area contributed by atoms with Crippen molar-refractivity contribution < 1.29 is 23.1 Å². The summed E-state index contributed by atoms with van der Waals surface area (Å²) in [6.07, 6.45) is 5.09. The molecule has 1 aliphatic carbocycles. The minimum Gasteiger partial charge on any atom is -0.423 e. The number of esters is 1. The van der Waals surface area contributed by atoms with Crippen molar-refractivity contribution in [1.82, 2.24) is 5.32 Å². The van der Waals surface area contributed by atoms with Gasteiger partial charge in [-0.25, -0.2) is 14.0 Å². The van der Waals surface area contributed by atoms with E-state index in [4.69, 9.17) is 9.15 Å². The van der Waals surface area contributed by atoms with Gasteiger partial charge in [-0.3, -0.25) is 4.79 Å². The second kappa shape index (κ2) is 8.49. The maximum atomic E-state index is 13.7. The van der Waals surface area contributed by atoms with Gasteiger partial charge < -0.3 is 14.5 Å². The molecular formula is C23H20FNO5. The number of ether oxygens (including phenoxy) is 1. The lowest BCUT2D eigenvalue weighted by atomic mass is 9.95. The highest BCUT2D eigenvalue weighted by Gasteiger charge is 2.20. The summed E-state index contributed by atoms with van der Waals surface area (Å²) in [5.41, 5.74) is -0.876. The third-order valence-corrected chi connectivity index (χ3v) is 5.20. The van der Waals surface area contributed by atoms with Crippen molar-refractivity contribution >= 4 is 22.8 Å². The highest BCUT2D eigenvalue weighted by molar-refractivity contribution is 5.97. The summed E-state index contributed by atoms with van der Waals surface area (Å²) in [6.45, 7) is 0. The van der Waals surface area contributed by atoms with Crippen LogP contribution in [0, 0.1) is 5.82 Å². The van der Waals surface area contributed by atoms with Gasteiger partial charge in [0.15, 0.2) is 0 Å². The number of carbonyl (C=O) groups is 2. The lowest BCUT2D eigenvalue weighted by Gasteiger charge is -2.22. The van der Waals surface area contributed by atoms with Crippen LogP contribution in [0.3, 0.4) is 0 Å². The summed E-state index contributed by atoms with van der Waals surface area (Å²) in [4.78, 5) is 37.0. The molecule has 3 aromatic rings. The number of halogens is 1. The molecule has 30 heavy (non-hydrogen) atoms. The topological polar surface area (TPSA) is 85.6 Å². The van der Waals surface area contributed by atoms with Crippen LogP contribution < -0.4 is 15.7 Å². The van der Waals surface area contributed by atoms with Crippen LogP contribution in [-0.2, 0) is 0 Å². The van der Waals surface area contributed by atoms with Gasteiger partial charge in [-0.05, 0) is 43.2 Å². The highest BCUT2D eigenvalue weighted by atomic mass is 19.1. The Morgan fingerprint density at radius 2 is 1.77 bits per heavy atom. The van der Waals surface area contributed by atoms with Crippen LogP contribution in [0.15, 0.2) is 57.7 Å². The number of rotatable bonds is 4. The molecule has 0 unspecified atom stereocenters. The molecule has 0 saturated heterocycles. The minimum atomic E-state index is -0.863. The van der Waals surface area contributed by atoms with Gasteiger partial charge in [-0.1, -0.05) is 31.4 Å². The zero-order valence-electron chi connectivity index (χ0n) is 16.2. The van der Waals surface area contributed by atoms with E-state index in [1.54, 1.807) is 6.07 Å². The predicted molar refractivity (Wildman–Crippen MR) is 108 cm³/mol. The molecule has 0 radical (unpaired) electrons. The summed E-state index contributed by atoms with van der Waals surface area (Å²) in [5.74, 6) is -1.91. The standard InChI is InChI=1S/C23H20FNO5/c24-19-9-5-4-8-17(19)22(27)29-16-11-10-14-12-18(23(28)30-20(14)13-16)21(26)25-15-6-2-1-3-7-15/h4-5,8-13,15H,1-3,6-7H2,(H,25,26). The van der Waals surface area contributed by atoms with Crippen LogP contribution in [0.5, 0.6) is 5.75 Å². The second-order valence-electron chi connectivity index (χ2n) is 7.32. The zero-order chi connectivity index (χ0) is 21.1. The van der Waals surface area contributed by atoms with Crippen molar-refractivity contribution in [2.75, 3.05) is 0 Å². The van der Waals surface area contributed by atoms with Gasteiger partial charge in [-0.2, -0.15) is 0 Å². The Kier molecular flexibility index (Phi) is 5.61. The van der Waals surface area contributed by atoms with Gasteiger partial charge >= 0.3 is 11.6 Å². The number of fused-ring (bicyclic) bond motifs is 1. The monoisotopic (exact) mass is 409 g/mol. The Morgan fingerprint density at radius 1 is 1.00 bits per heavy atom. The van der Waals surface area contributed by atoms with E-state index >= 15 is 0 Å². The summed E-state index contributed by atoms with van der Waals surface area (Å²) in [6, 6.07) is 11.4. The molecule has 0 bridgehead atoms. The van der Waals surface area contributed by atoms with Crippen LogP contribution in [-0.4, -0.2) is 17.9 Å². The fourth-order valence-electron chi connectivity index (χ4n) is 3.61. The van der Waals surface area contributed by atoms with Gasteiger partial charge in [-0.15, -0.1) is 0 Å². The SMILES string of the molecule is O=C(Oc1ccc2cc(C(=O)NC3CCCCC3)c(=O)oc2c1)c1ccccc1F. The van der Waals surface area contributed by atoms with E-state index in [0.29, 0.717) is 5.39 Å². The normalized spacial score (nSPS) is 14.4. The number of amides is 1. The molecule has 2 aromatic carbocycles. The Labute approximate surface area is 171 Å². The molecule has 0 aliphatic heterocycles. The van der Waals surface area contributed by atoms with Crippen molar-refractivity contribution in [3.05, 3.63) is 75.9 Å². The van der Waals surface area contributed by atoms with Crippen LogP contribution in [0.1, 0.15) is 52.8 Å². The molecule has 1 saturated carbocycles. The van der Waals surface area contributed by atoms with Crippen molar-refractivity contribution in [3.63, 3.8) is 0 Å². The molecule has 154 valence electrons. The summed E-state index contributed by atoms with van der Waals surface area (Å²) in [7, 11) is 0. The van der Waals surface area contributed by atoms with Crippen molar-refractivity contribution in [2.24, 2.45) is 0 Å². The average Bonchev–Trinajstić information content (AvgIpc) is 2.74. The zero-order valence-corrected chi connectivity index (χ0v) is 16.2. The number of hydrogen-bond acceptors (Lipinski definition) is 5. The third kappa shape index (κ3) is 4.25. The van der Waals surface area contributed by atoms with Crippen LogP contribution in [0.25, 0.3) is 11.0 Å². The molecule has 1 heterocycles. The summed E-state index contributed by atoms with van der Waals surface area (Å²) < 4.78 is 24.2. The lowest BCUT2D eigenvalue weighted by molar-refractivity contribution is 0.0729. The Morgan fingerprint density at radius 3 is 2.53 bits per heavy atom. The molecule has 7 heteroatoms. The second-order valence-corrected chi connectivity index (χ2v) is 7.32. The fraction of sp³-hybridized carbons (Fsp3) is 0.261. The quantitative estimate of drug-likeness (QED) is 0.396. The minimum absolute atomic E-state index is 0.0656. The number of nitrogens with one attached hydrogen (secondary N) is 1. The van der Waals surface area contributed by atoms with Crippen molar-refractivity contribution in [2.45, 2.75) is 38.1 Å². The third-order valence-electron chi connectivity index (χ3n) is 5.20. The average molecular weight is 409 g/mol. The molecule has 0 atom stereocenters. The number of hydrogen-bond donors (Lipinski definition) is 1. The van der Waals surface area contributed by atoms with Gasteiger partial charge in [0.25, 0.3) is 5.91 Å². The van der Waals surface area contributed by atoms with Crippen LogP contribution in [0.2, 0.25) is 0 Å². The van der Waals surface area contributed by atoms with E-state index in [9.17, 15) is 18.8 Å². The maximum absolute atomic E-state index is 13.7. The maximum Gasteiger partial charge on any atom is 0.349 e. The first-order valence-electron chi connectivity index (χ1n) is 9.87. The van der Waals surface area contributed by atoms with E-state index < -0.39 is 23.3 Å². The van der Waals surface area contributed by atoms with Gasteiger partial charge in [0, 0.05) is 17.5 Å². The number of benzene rings is 2. The molecule has 1 amide bonds. The molecule has 0 spiro atoms. The van der Waals surface area contributed by atoms with E-state index in [2.05, 4.69) is 5.32 Å². The van der Waals surface area contributed by atoms with E-state index in [1.807, 2.05) is 0 Å². The Balaban J connectivity index is 1.55.